The highest BCUT2D eigenvalue weighted by Gasteiger charge is 2.47. The van der Waals surface area contributed by atoms with Crippen molar-refractivity contribution in [2.45, 2.75) is 18.6 Å². The summed E-state index contributed by atoms with van der Waals surface area (Å²) >= 11 is 6.07. The molecule has 0 spiro atoms. The van der Waals surface area contributed by atoms with Crippen LogP contribution < -0.4 is 9.47 Å². The predicted octanol–water partition coefficient (Wildman–Crippen LogP) is 4.34. The van der Waals surface area contributed by atoms with Crippen molar-refractivity contribution in [1.29, 1.82) is 0 Å². The summed E-state index contributed by atoms with van der Waals surface area (Å²) < 4.78 is 11.0. The van der Waals surface area contributed by atoms with Gasteiger partial charge in [-0.15, -0.1) is 0 Å². The Labute approximate surface area is 198 Å². The first-order valence-corrected chi connectivity index (χ1v) is 11.0. The van der Waals surface area contributed by atoms with Gasteiger partial charge in [0.25, 0.3) is 5.91 Å². The number of halogens is 1. The highest BCUT2D eigenvalue weighted by molar-refractivity contribution is 6.30. The number of hydrogen-bond acceptors (Lipinski definition) is 4. The summed E-state index contributed by atoms with van der Waals surface area (Å²) in [7, 11) is 3.32. The molecule has 4 rings (SSSR count). The van der Waals surface area contributed by atoms with E-state index in [1.165, 1.54) is 0 Å². The van der Waals surface area contributed by atoms with Gasteiger partial charge in [-0.2, -0.15) is 0 Å². The minimum atomic E-state index is -0.657. The van der Waals surface area contributed by atoms with Gasteiger partial charge in [-0.1, -0.05) is 54.1 Å². The van der Waals surface area contributed by atoms with Crippen LogP contribution in [-0.2, 0) is 16.0 Å². The van der Waals surface area contributed by atoms with Crippen LogP contribution in [0, 0.1) is 0 Å². The number of nitrogens with zero attached hydrogens (tertiary/aromatic N) is 2. The number of para-hydroxylation sites is 1. The number of methoxy groups -OCH3 is 1. The number of likely N-dealkylation sites (N-methyl/N-ethyl adjacent to an activating group) is 1. The van der Waals surface area contributed by atoms with E-state index < -0.39 is 12.2 Å². The first kappa shape index (κ1) is 22.7. The Kier molecular flexibility index (Phi) is 6.84. The molecule has 0 bridgehead atoms. The molecule has 3 aromatic carbocycles. The minimum absolute atomic E-state index is 0.126. The van der Waals surface area contributed by atoms with Crippen molar-refractivity contribution in [2.75, 3.05) is 20.8 Å². The van der Waals surface area contributed by atoms with Crippen LogP contribution in [0.2, 0.25) is 5.02 Å². The molecule has 33 heavy (non-hydrogen) atoms. The molecule has 6 nitrogen and oxygen atoms in total. The molecule has 0 aromatic heterocycles. The van der Waals surface area contributed by atoms with Gasteiger partial charge in [-0.25, -0.2) is 0 Å². The zero-order chi connectivity index (χ0) is 23.4. The maximum Gasteiger partial charge on any atom is 0.263 e. The first-order chi connectivity index (χ1) is 16.0. The molecule has 1 aliphatic heterocycles. The standard InChI is InChI=1S/C26H25ClN2O4/c1-28-25(19-10-12-20(27)13-11-19)29(24(30)17-33-22-6-4-3-5-7-22)23(26(28)31)16-18-8-14-21(32-2)15-9-18/h3-15,23,25H,16-17H2,1-2H3. The summed E-state index contributed by atoms with van der Waals surface area (Å²) in [6.45, 7) is -0.172. The smallest absolute Gasteiger partial charge is 0.263 e. The Balaban J connectivity index is 1.63. The Morgan fingerprint density at radius 1 is 0.939 bits per heavy atom. The molecule has 0 radical (unpaired) electrons. The van der Waals surface area contributed by atoms with Gasteiger partial charge >= 0.3 is 0 Å². The quantitative estimate of drug-likeness (QED) is 0.522. The average Bonchev–Trinajstić information content (AvgIpc) is 3.09. The minimum Gasteiger partial charge on any atom is -0.497 e. The van der Waals surface area contributed by atoms with Crippen molar-refractivity contribution >= 4 is 23.4 Å². The van der Waals surface area contributed by atoms with E-state index in [9.17, 15) is 9.59 Å². The maximum atomic E-state index is 13.4. The zero-order valence-electron chi connectivity index (χ0n) is 18.5. The van der Waals surface area contributed by atoms with E-state index in [1.807, 2.05) is 54.6 Å². The number of hydrogen-bond donors (Lipinski definition) is 0. The molecule has 7 heteroatoms. The monoisotopic (exact) mass is 464 g/mol. The van der Waals surface area contributed by atoms with Crippen molar-refractivity contribution in [2.24, 2.45) is 0 Å². The van der Waals surface area contributed by atoms with Crippen LogP contribution >= 0.6 is 11.6 Å². The lowest BCUT2D eigenvalue weighted by Crippen LogP contribution is -2.43. The Morgan fingerprint density at radius 2 is 1.61 bits per heavy atom. The number of carbonyl (C=O) groups is 2. The lowest BCUT2D eigenvalue weighted by atomic mass is 10.0. The molecule has 1 fully saturated rings. The van der Waals surface area contributed by atoms with Crippen LogP contribution in [0.15, 0.2) is 78.9 Å². The van der Waals surface area contributed by atoms with Crippen molar-refractivity contribution in [1.82, 2.24) is 9.80 Å². The van der Waals surface area contributed by atoms with Gasteiger partial charge in [0.15, 0.2) is 6.61 Å². The van der Waals surface area contributed by atoms with Gasteiger partial charge in [0.1, 0.15) is 23.7 Å². The average molecular weight is 465 g/mol. The molecule has 3 aromatic rings. The van der Waals surface area contributed by atoms with Crippen LogP contribution in [0.3, 0.4) is 0 Å². The molecule has 170 valence electrons. The number of benzene rings is 3. The normalized spacial score (nSPS) is 17.8. The molecule has 0 N–H and O–H groups in total. The fraction of sp³-hybridized carbons (Fsp3) is 0.231. The van der Waals surface area contributed by atoms with E-state index in [-0.39, 0.29) is 18.4 Å². The van der Waals surface area contributed by atoms with Gasteiger partial charge in [0, 0.05) is 18.5 Å². The molecular formula is C26H25ClN2O4. The topological polar surface area (TPSA) is 59.1 Å². The molecule has 2 atom stereocenters. The van der Waals surface area contributed by atoms with E-state index in [0.717, 1.165) is 16.9 Å². The highest BCUT2D eigenvalue weighted by Crippen LogP contribution is 2.35. The summed E-state index contributed by atoms with van der Waals surface area (Å²) in [5, 5.41) is 0.589. The second kappa shape index (κ2) is 9.96. The third kappa shape index (κ3) is 4.96. The van der Waals surface area contributed by atoms with Gasteiger partial charge < -0.3 is 19.3 Å². The van der Waals surface area contributed by atoms with E-state index >= 15 is 0 Å². The predicted molar refractivity (Wildman–Crippen MR) is 126 cm³/mol. The number of amides is 2. The summed E-state index contributed by atoms with van der Waals surface area (Å²) in [6.07, 6.45) is -0.168. The number of ether oxygens (including phenoxy) is 2. The first-order valence-electron chi connectivity index (χ1n) is 10.6. The summed E-state index contributed by atoms with van der Waals surface area (Å²) in [4.78, 5) is 30.0. The lowest BCUT2D eigenvalue weighted by molar-refractivity contribution is -0.138. The van der Waals surface area contributed by atoms with Crippen molar-refractivity contribution in [3.63, 3.8) is 0 Å². The van der Waals surface area contributed by atoms with Crippen LogP contribution in [-0.4, -0.2) is 48.4 Å². The molecular weight excluding hydrogens is 440 g/mol. The van der Waals surface area contributed by atoms with E-state index in [1.54, 1.807) is 48.2 Å². The van der Waals surface area contributed by atoms with Gasteiger partial charge in [-0.3, -0.25) is 9.59 Å². The lowest BCUT2D eigenvalue weighted by Gasteiger charge is -2.30. The van der Waals surface area contributed by atoms with Crippen LogP contribution in [0.4, 0.5) is 0 Å². The van der Waals surface area contributed by atoms with Crippen molar-refractivity contribution in [3.8, 4) is 11.5 Å². The molecule has 0 aliphatic carbocycles. The van der Waals surface area contributed by atoms with Crippen LogP contribution in [0.25, 0.3) is 0 Å². The summed E-state index contributed by atoms with van der Waals surface area (Å²) in [6, 6.07) is 23.2. The summed E-state index contributed by atoms with van der Waals surface area (Å²) in [5.74, 6) is 0.935. The molecule has 1 heterocycles. The Bertz CT molecular complexity index is 1100. The maximum absolute atomic E-state index is 13.4. The zero-order valence-corrected chi connectivity index (χ0v) is 19.2. The third-order valence-electron chi connectivity index (χ3n) is 5.75. The van der Waals surface area contributed by atoms with Crippen LogP contribution in [0.5, 0.6) is 11.5 Å². The van der Waals surface area contributed by atoms with E-state index in [0.29, 0.717) is 17.2 Å². The Morgan fingerprint density at radius 3 is 2.24 bits per heavy atom. The van der Waals surface area contributed by atoms with E-state index in [2.05, 4.69) is 0 Å². The van der Waals surface area contributed by atoms with Crippen LogP contribution in [0.1, 0.15) is 17.3 Å². The molecule has 2 unspecified atom stereocenters. The molecule has 1 saturated heterocycles. The molecule has 0 saturated carbocycles. The van der Waals surface area contributed by atoms with E-state index in [4.69, 9.17) is 21.1 Å². The van der Waals surface area contributed by atoms with Crippen molar-refractivity contribution < 1.29 is 19.1 Å². The van der Waals surface area contributed by atoms with Gasteiger partial charge in [0.05, 0.1) is 7.11 Å². The highest BCUT2D eigenvalue weighted by atomic mass is 35.5. The summed E-state index contributed by atoms with van der Waals surface area (Å²) in [5.41, 5.74) is 1.74. The van der Waals surface area contributed by atoms with Gasteiger partial charge in [0.2, 0.25) is 5.91 Å². The second-order valence-corrected chi connectivity index (χ2v) is 8.28. The van der Waals surface area contributed by atoms with Crippen molar-refractivity contribution in [3.05, 3.63) is 95.0 Å². The fourth-order valence-corrected chi connectivity index (χ4v) is 4.19. The largest absolute Gasteiger partial charge is 0.497 e. The molecule has 2 amide bonds. The number of rotatable bonds is 7. The SMILES string of the molecule is COc1ccc(CC2C(=O)N(C)C(c3ccc(Cl)cc3)N2C(=O)COc2ccccc2)cc1. The fourth-order valence-electron chi connectivity index (χ4n) is 4.07. The third-order valence-corrected chi connectivity index (χ3v) is 6.00. The Hall–Kier alpha value is -3.51. The van der Waals surface area contributed by atoms with Gasteiger partial charge in [-0.05, 0) is 47.5 Å². The molecule has 1 aliphatic rings. The number of carbonyl (C=O) groups excluding carboxylic acids is 2. The second-order valence-electron chi connectivity index (χ2n) is 7.85.